The van der Waals surface area contributed by atoms with Crippen molar-refractivity contribution in [2.45, 2.75) is 87.1 Å². The molecule has 0 aliphatic carbocycles. The van der Waals surface area contributed by atoms with Crippen LogP contribution in [0.25, 0.3) is 16.6 Å². The Kier molecular flexibility index (Phi) is 11.2. The van der Waals surface area contributed by atoms with Crippen LogP contribution in [0.15, 0.2) is 71.7 Å². The monoisotopic (exact) mass is 630 g/mol. The van der Waals surface area contributed by atoms with Gasteiger partial charge in [-0.2, -0.15) is 0 Å². The fourth-order valence-corrected chi connectivity index (χ4v) is 6.16. The number of aromatic nitrogens is 2. The van der Waals surface area contributed by atoms with Gasteiger partial charge in [0.25, 0.3) is 5.56 Å². The van der Waals surface area contributed by atoms with E-state index in [1.807, 2.05) is 75.2 Å². The number of nitrogens with zero attached hydrogens (tertiary/aromatic N) is 4. The van der Waals surface area contributed by atoms with Crippen LogP contribution in [0, 0.1) is 0 Å². The largest absolute Gasteiger partial charge is 0.489 e. The zero-order valence-corrected chi connectivity index (χ0v) is 25.2. The van der Waals surface area contributed by atoms with Gasteiger partial charge in [0.05, 0.1) is 17.7 Å². The lowest BCUT2D eigenvalue weighted by molar-refractivity contribution is -0.137. The third-order valence-corrected chi connectivity index (χ3v) is 8.29. The van der Waals surface area contributed by atoms with Crippen molar-refractivity contribution in [1.29, 1.82) is 0 Å². The molecule has 2 aliphatic rings. The van der Waals surface area contributed by atoms with Crippen LogP contribution in [0.4, 0.5) is 4.79 Å². The van der Waals surface area contributed by atoms with Crippen molar-refractivity contribution in [3.63, 3.8) is 0 Å². The minimum atomic E-state index is -0.612. The number of rotatable bonds is 5. The third kappa shape index (κ3) is 7.14. The van der Waals surface area contributed by atoms with Gasteiger partial charge in [-0.05, 0) is 69.4 Å². The topological polar surface area (TPSA) is 86.0 Å². The normalized spacial score (nSPS) is 15.7. The summed E-state index contributed by atoms with van der Waals surface area (Å²) >= 11 is 0. The molecule has 0 N–H and O–H groups in total. The lowest BCUT2D eigenvalue weighted by Gasteiger charge is -2.34. The highest BCUT2D eigenvalue weighted by Crippen LogP contribution is 2.33. The molecule has 0 spiro atoms. The van der Waals surface area contributed by atoms with Crippen LogP contribution in [-0.4, -0.2) is 55.7 Å². The summed E-state index contributed by atoms with van der Waals surface area (Å²) in [5.74, 6) is 0.499. The predicted octanol–water partition coefficient (Wildman–Crippen LogP) is 7.10. The Labute approximate surface area is 273 Å². The number of ether oxygens (including phenoxy) is 2. The zero-order valence-electron chi connectivity index (χ0n) is 25.2. The highest BCUT2D eigenvalue weighted by atomic mass is 16.6. The number of aryl methyl sites for hydroxylation is 1. The predicted molar refractivity (Wildman–Crippen MR) is 185 cm³/mol. The summed E-state index contributed by atoms with van der Waals surface area (Å²) in [6, 6.07) is 18.7. The van der Waals surface area contributed by atoms with Crippen molar-refractivity contribution in [3.05, 3.63) is 94.0 Å². The second-order valence-corrected chi connectivity index (χ2v) is 12.4. The number of amides is 2. The van der Waals surface area contributed by atoms with Crippen molar-refractivity contribution >= 4 is 22.9 Å². The average molecular weight is 631 g/mol. The Morgan fingerprint density at radius 1 is 0.957 bits per heavy atom. The summed E-state index contributed by atoms with van der Waals surface area (Å²) in [5, 5.41) is 1.13. The Balaban J connectivity index is 0.00000192. The molecular formula is C37H50N4O5. The van der Waals surface area contributed by atoms with Crippen molar-refractivity contribution in [1.82, 2.24) is 18.9 Å². The molecule has 46 heavy (non-hydrogen) atoms. The second-order valence-electron chi connectivity index (χ2n) is 12.4. The zero-order chi connectivity index (χ0) is 30.3. The van der Waals surface area contributed by atoms with Gasteiger partial charge in [0.15, 0.2) is 0 Å². The SMILES string of the molecule is C.C.C.Cn1c2c(c3ccc(-n4ccc(OCc5ccccc5)cc4=O)cc31)CCN(C(=O)[C@@H]1CCCN1C(=O)OC(C)(C)C)C2. The Bertz CT molecular complexity index is 1730. The van der Waals surface area contributed by atoms with Gasteiger partial charge < -0.3 is 18.9 Å². The van der Waals surface area contributed by atoms with Gasteiger partial charge >= 0.3 is 6.09 Å². The highest BCUT2D eigenvalue weighted by Gasteiger charge is 2.39. The molecule has 2 aromatic heterocycles. The second kappa shape index (κ2) is 14.3. The maximum atomic E-state index is 13.7. The van der Waals surface area contributed by atoms with Crippen LogP contribution < -0.4 is 10.3 Å². The van der Waals surface area contributed by atoms with E-state index in [0.29, 0.717) is 38.4 Å². The van der Waals surface area contributed by atoms with Crippen LogP contribution >= 0.6 is 0 Å². The van der Waals surface area contributed by atoms with Gasteiger partial charge in [-0.3, -0.25) is 19.1 Å². The van der Waals surface area contributed by atoms with E-state index in [9.17, 15) is 14.4 Å². The Hall–Kier alpha value is -4.53. The molecule has 2 amide bonds. The maximum absolute atomic E-state index is 13.7. The fourth-order valence-electron chi connectivity index (χ4n) is 6.16. The standard InChI is InChI=1S/C34H38N4O5.3CH4/c1-34(2,3)43-33(41)38-16-8-11-28(38)32(40)36-17-15-27-26-13-12-24(19-29(26)35(4)30(27)21-36)37-18-14-25(20-31(37)39)42-22-23-9-6-5-7-10-23;;;/h5-7,9-10,12-14,18-20,28H,8,11,15-17,21-22H2,1-4H3;3*1H4/t28-;;;/m0.../s1. The number of carbonyl (C=O) groups excluding carboxylic acids is 2. The van der Waals surface area contributed by atoms with Crippen LogP contribution in [0.2, 0.25) is 0 Å². The molecule has 2 aromatic carbocycles. The fraction of sp³-hybridized carbons (Fsp3) is 0.432. The first-order valence-corrected chi connectivity index (χ1v) is 14.9. The molecule has 0 bridgehead atoms. The van der Waals surface area contributed by atoms with E-state index in [1.54, 1.807) is 21.7 Å². The van der Waals surface area contributed by atoms with Crippen LogP contribution in [-0.2, 0) is 36.2 Å². The van der Waals surface area contributed by atoms with Gasteiger partial charge in [0.1, 0.15) is 24.0 Å². The van der Waals surface area contributed by atoms with E-state index < -0.39 is 17.7 Å². The molecule has 9 heteroatoms. The van der Waals surface area contributed by atoms with Gasteiger partial charge in [-0.15, -0.1) is 0 Å². The molecule has 6 rings (SSSR count). The van der Waals surface area contributed by atoms with Crippen LogP contribution in [0.1, 0.15) is 72.7 Å². The Morgan fingerprint density at radius 3 is 2.39 bits per heavy atom. The van der Waals surface area contributed by atoms with Gasteiger partial charge in [0.2, 0.25) is 5.91 Å². The van der Waals surface area contributed by atoms with E-state index in [1.165, 1.54) is 11.6 Å². The summed E-state index contributed by atoms with van der Waals surface area (Å²) < 4.78 is 15.1. The van der Waals surface area contributed by atoms with Gasteiger partial charge in [-0.1, -0.05) is 58.7 Å². The number of carbonyl (C=O) groups is 2. The Morgan fingerprint density at radius 2 is 1.70 bits per heavy atom. The molecular weight excluding hydrogens is 580 g/mol. The summed E-state index contributed by atoms with van der Waals surface area (Å²) in [4.78, 5) is 43.0. The van der Waals surface area contributed by atoms with Crippen LogP contribution in [0.3, 0.4) is 0 Å². The van der Waals surface area contributed by atoms with E-state index in [-0.39, 0.29) is 33.7 Å². The molecule has 1 atom stereocenters. The van der Waals surface area contributed by atoms with E-state index in [2.05, 4.69) is 10.6 Å². The summed E-state index contributed by atoms with van der Waals surface area (Å²) in [6.07, 6.45) is 3.47. The molecule has 9 nitrogen and oxygen atoms in total. The first-order valence-electron chi connectivity index (χ1n) is 14.9. The first kappa shape index (κ1) is 35.9. The molecule has 1 fully saturated rings. The number of hydrogen-bond acceptors (Lipinski definition) is 5. The lowest BCUT2D eigenvalue weighted by atomic mass is 10.0. The van der Waals surface area contributed by atoms with E-state index in [0.717, 1.165) is 40.7 Å². The minimum absolute atomic E-state index is 0. The summed E-state index contributed by atoms with van der Waals surface area (Å²) in [5.41, 5.74) is 4.31. The van der Waals surface area contributed by atoms with Gasteiger partial charge in [-0.25, -0.2) is 4.79 Å². The van der Waals surface area contributed by atoms with Crippen molar-refractivity contribution in [3.8, 4) is 11.4 Å². The number of benzene rings is 2. The number of likely N-dealkylation sites (tertiary alicyclic amines) is 1. The molecule has 0 radical (unpaired) electrons. The lowest BCUT2D eigenvalue weighted by Crippen LogP contribution is -2.50. The van der Waals surface area contributed by atoms with Crippen molar-refractivity contribution < 1.29 is 19.1 Å². The van der Waals surface area contributed by atoms with E-state index >= 15 is 0 Å². The van der Waals surface area contributed by atoms with Crippen molar-refractivity contribution in [2.75, 3.05) is 13.1 Å². The smallest absolute Gasteiger partial charge is 0.410 e. The molecule has 4 aromatic rings. The maximum Gasteiger partial charge on any atom is 0.410 e. The van der Waals surface area contributed by atoms with Crippen LogP contribution in [0.5, 0.6) is 5.75 Å². The quantitative estimate of drug-likeness (QED) is 0.235. The minimum Gasteiger partial charge on any atom is -0.489 e. The number of fused-ring (bicyclic) bond motifs is 3. The van der Waals surface area contributed by atoms with Gasteiger partial charge in [0, 0.05) is 43.5 Å². The molecule has 1 saturated heterocycles. The third-order valence-electron chi connectivity index (χ3n) is 8.29. The average Bonchev–Trinajstić information content (AvgIpc) is 3.59. The molecule has 248 valence electrons. The highest BCUT2D eigenvalue weighted by molar-refractivity contribution is 5.89. The first-order chi connectivity index (χ1) is 20.6. The summed E-state index contributed by atoms with van der Waals surface area (Å²) in [7, 11) is 2.00. The van der Waals surface area contributed by atoms with E-state index in [4.69, 9.17) is 9.47 Å². The molecule has 0 saturated carbocycles. The molecule has 0 unspecified atom stereocenters. The number of hydrogen-bond donors (Lipinski definition) is 0. The summed E-state index contributed by atoms with van der Waals surface area (Å²) in [6.45, 7) is 7.49. The molecule has 2 aliphatic heterocycles. The molecule has 4 heterocycles. The van der Waals surface area contributed by atoms with Crippen molar-refractivity contribution in [2.24, 2.45) is 7.05 Å². The number of pyridine rings is 1.